The number of aryl methyl sites for hydroxylation is 2. The SMILES string of the molecule is CCN(CCCc1ccccc1)c1ccc2c(C)cc(=O)oc2c1. The van der Waals surface area contributed by atoms with Crippen molar-refractivity contribution in [2.75, 3.05) is 18.0 Å². The molecule has 0 aliphatic rings. The molecule has 0 radical (unpaired) electrons. The monoisotopic (exact) mass is 321 g/mol. The second kappa shape index (κ2) is 7.35. The Bertz CT molecular complexity index is 868. The summed E-state index contributed by atoms with van der Waals surface area (Å²) < 4.78 is 5.37. The van der Waals surface area contributed by atoms with Crippen molar-refractivity contribution in [1.82, 2.24) is 0 Å². The quantitative estimate of drug-likeness (QED) is 0.624. The van der Waals surface area contributed by atoms with Crippen molar-refractivity contribution in [3.8, 4) is 0 Å². The second-order valence-corrected chi connectivity index (χ2v) is 6.10. The predicted octanol–water partition coefficient (Wildman–Crippen LogP) is 4.56. The van der Waals surface area contributed by atoms with Gasteiger partial charge in [-0.2, -0.15) is 0 Å². The molecule has 0 N–H and O–H groups in total. The van der Waals surface area contributed by atoms with Gasteiger partial charge in [-0.15, -0.1) is 0 Å². The molecular weight excluding hydrogens is 298 g/mol. The van der Waals surface area contributed by atoms with Gasteiger partial charge in [0.05, 0.1) is 0 Å². The maximum absolute atomic E-state index is 11.6. The fourth-order valence-electron chi connectivity index (χ4n) is 3.10. The van der Waals surface area contributed by atoms with Crippen molar-refractivity contribution < 1.29 is 4.42 Å². The average Bonchev–Trinajstić information content (AvgIpc) is 2.59. The number of benzene rings is 2. The molecule has 3 nitrogen and oxygen atoms in total. The molecule has 0 aliphatic carbocycles. The van der Waals surface area contributed by atoms with Crippen LogP contribution >= 0.6 is 0 Å². The molecule has 2 aromatic carbocycles. The summed E-state index contributed by atoms with van der Waals surface area (Å²) in [5.41, 5.74) is 3.81. The molecule has 0 amide bonds. The molecule has 3 aromatic rings. The van der Waals surface area contributed by atoms with E-state index in [1.165, 1.54) is 5.56 Å². The van der Waals surface area contributed by atoms with Crippen LogP contribution in [0.4, 0.5) is 5.69 Å². The number of rotatable bonds is 6. The lowest BCUT2D eigenvalue weighted by molar-refractivity contribution is 0.559. The first-order valence-electron chi connectivity index (χ1n) is 8.51. The van der Waals surface area contributed by atoms with Gasteiger partial charge in [-0.3, -0.25) is 0 Å². The van der Waals surface area contributed by atoms with E-state index in [-0.39, 0.29) is 5.63 Å². The fourth-order valence-corrected chi connectivity index (χ4v) is 3.10. The maximum Gasteiger partial charge on any atom is 0.336 e. The molecule has 3 rings (SSSR count). The van der Waals surface area contributed by atoms with Crippen LogP contribution in [0.2, 0.25) is 0 Å². The summed E-state index contributed by atoms with van der Waals surface area (Å²) in [5.74, 6) is 0. The highest BCUT2D eigenvalue weighted by Gasteiger charge is 2.08. The van der Waals surface area contributed by atoms with E-state index in [4.69, 9.17) is 4.42 Å². The van der Waals surface area contributed by atoms with Gasteiger partial charge in [0, 0.05) is 36.3 Å². The van der Waals surface area contributed by atoms with E-state index < -0.39 is 0 Å². The molecule has 3 heteroatoms. The van der Waals surface area contributed by atoms with Crippen molar-refractivity contribution in [3.05, 3.63) is 76.1 Å². The van der Waals surface area contributed by atoms with Gasteiger partial charge in [0.1, 0.15) is 5.58 Å². The minimum absolute atomic E-state index is 0.288. The summed E-state index contributed by atoms with van der Waals surface area (Å²) in [6.45, 7) is 6.00. The Kier molecular flexibility index (Phi) is 4.99. The lowest BCUT2D eigenvalue weighted by Crippen LogP contribution is -2.24. The third-order valence-electron chi connectivity index (χ3n) is 4.42. The third kappa shape index (κ3) is 3.67. The van der Waals surface area contributed by atoms with Crippen molar-refractivity contribution >= 4 is 16.7 Å². The number of hydrogen-bond acceptors (Lipinski definition) is 3. The van der Waals surface area contributed by atoms with Crippen LogP contribution in [0, 0.1) is 6.92 Å². The minimum atomic E-state index is -0.288. The average molecular weight is 321 g/mol. The summed E-state index contributed by atoms with van der Waals surface area (Å²) in [5, 5.41) is 0.999. The van der Waals surface area contributed by atoms with Crippen LogP contribution in [0.25, 0.3) is 11.0 Å². The van der Waals surface area contributed by atoms with E-state index in [1.54, 1.807) is 6.07 Å². The van der Waals surface area contributed by atoms with Crippen LogP contribution in [0.1, 0.15) is 24.5 Å². The maximum atomic E-state index is 11.6. The van der Waals surface area contributed by atoms with Gasteiger partial charge in [0.25, 0.3) is 0 Å². The van der Waals surface area contributed by atoms with Crippen LogP contribution in [0.15, 0.2) is 63.8 Å². The third-order valence-corrected chi connectivity index (χ3v) is 4.42. The minimum Gasteiger partial charge on any atom is -0.423 e. The molecule has 0 fully saturated rings. The Balaban J connectivity index is 1.75. The molecule has 0 spiro atoms. The molecule has 0 aliphatic heterocycles. The van der Waals surface area contributed by atoms with E-state index in [9.17, 15) is 4.79 Å². The van der Waals surface area contributed by atoms with Crippen LogP contribution in [-0.2, 0) is 6.42 Å². The number of nitrogens with zero attached hydrogens (tertiary/aromatic N) is 1. The highest BCUT2D eigenvalue weighted by molar-refractivity contribution is 5.83. The Labute approximate surface area is 142 Å². The Morgan fingerprint density at radius 1 is 1.04 bits per heavy atom. The Morgan fingerprint density at radius 2 is 1.83 bits per heavy atom. The van der Waals surface area contributed by atoms with Crippen molar-refractivity contribution in [2.45, 2.75) is 26.7 Å². The zero-order valence-electron chi connectivity index (χ0n) is 14.3. The van der Waals surface area contributed by atoms with Gasteiger partial charge in [-0.25, -0.2) is 4.79 Å². The Hall–Kier alpha value is -2.55. The number of fused-ring (bicyclic) bond motifs is 1. The van der Waals surface area contributed by atoms with E-state index in [1.807, 2.05) is 25.1 Å². The predicted molar refractivity (Wildman–Crippen MR) is 99.9 cm³/mol. The number of hydrogen-bond donors (Lipinski definition) is 0. The topological polar surface area (TPSA) is 33.5 Å². The summed E-state index contributed by atoms with van der Waals surface area (Å²) in [6.07, 6.45) is 2.16. The fraction of sp³-hybridized carbons (Fsp3) is 0.286. The van der Waals surface area contributed by atoms with Gasteiger partial charge in [-0.05, 0) is 49.9 Å². The highest BCUT2D eigenvalue weighted by Crippen LogP contribution is 2.23. The molecule has 24 heavy (non-hydrogen) atoms. The van der Waals surface area contributed by atoms with Crippen LogP contribution < -0.4 is 10.5 Å². The smallest absolute Gasteiger partial charge is 0.336 e. The summed E-state index contributed by atoms with van der Waals surface area (Å²) >= 11 is 0. The molecular formula is C21H23NO2. The molecule has 0 atom stereocenters. The van der Waals surface area contributed by atoms with Gasteiger partial charge in [0.15, 0.2) is 0 Å². The molecule has 0 unspecified atom stereocenters. The van der Waals surface area contributed by atoms with Crippen LogP contribution in [-0.4, -0.2) is 13.1 Å². The first kappa shape index (κ1) is 16.3. The lowest BCUT2D eigenvalue weighted by Gasteiger charge is -2.23. The number of anilines is 1. The zero-order valence-corrected chi connectivity index (χ0v) is 14.3. The van der Waals surface area contributed by atoms with Crippen molar-refractivity contribution in [3.63, 3.8) is 0 Å². The Morgan fingerprint density at radius 3 is 2.58 bits per heavy atom. The van der Waals surface area contributed by atoms with E-state index >= 15 is 0 Å². The molecule has 1 heterocycles. The highest BCUT2D eigenvalue weighted by atomic mass is 16.4. The summed E-state index contributed by atoms with van der Waals surface area (Å²) in [4.78, 5) is 13.9. The standard InChI is InChI=1S/C21H23NO2/c1-3-22(13-7-10-17-8-5-4-6-9-17)18-11-12-19-16(2)14-21(23)24-20(19)15-18/h4-6,8-9,11-12,14-15H,3,7,10,13H2,1-2H3. The van der Waals surface area contributed by atoms with Crippen molar-refractivity contribution in [2.24, 2.45) is 0 Å². The van der Waals surface area contributed by atoms with Gasteiger partial charge >= 0.3 is 5.63 Å². The second-order valence-electron chi connectivity index (χ2n) is 6.10. The molecule has 124 valence electrons. The summed E-state index contributed by atoms with van der Waals surface area (Å²) in [7, 11) is 0. The first-order chi connectivity index (χ1) is 11.7. The largest absolute Gasteiger partial charge is 0.423 e. The lowest BCUT2D eigenvalue weighted by atomic mass is 10.1. The zero-order chi connectivity index (χ0) is 16.9. The van der Waals surface area contributed by atoms with Crippen LogP contribution in [0.5, 0.6) is 0 Å². The molecule has 0 bridgehead atoms. The molecule has 1 aromatic heterocycles. The van der Waals surface area contributed by atoms with Gasteiger partial charge in [0.2, 0.25) is 0 Å². The van der Waals surface area contributed by atoms with E-state index in [2.05, 4.69) is 42.2 Å². The van der Waals surface area contributed by atoms with Gasteiger partial charge in [-0.1, -0.05) is 30.3 Å². The summed E-state index contributed by atoms with van der Waals surface area (Å²) in [6, 6.07) is 18.2. The molecule has 0 saturated carbocycles. The van der Waals surface area contributed by atoms with E-state index in [0.29, 0.717) is 5.58 Å². The normalized spacial score (nSPS) is 10.9. The first-order valence-corrected chi connectivity index (χ1v) is 8.51. The van der Waals surface area contributed by atoms with E-state index in [0.717, 1.165) is 42.6 Å². The van der Waals surface area contributed by atoms with Gasteiger partial charge < -0.3 is 9.32 Å². The van der Waals surface area contributed by atoms with Crippen LogP contribution in [0.3, 0.4) is 0 Å². The molecule has 0 saturated heterocycles. The van der Waals surface area contributed by atoms with Crippen molar-refractivity contribution in [1.29, 1.82) is 0 Å².